The third kappa shape index (κ3) is 53.2. The summed E-state index contributed by atoms with van der Waals surface area (Å²) in [5.74, 6) is 0. The second-order valence-corrected chi connectivity index (χ2v) is 0.0816. The van der Waals surface area contributed by atoms with E-state index in [9.17, 15) is 0 Å². The molecule has 5 heavy (non-hydrogen) atoms. The van der Waals surface area contributed by atoms with Crippen molar-refractivity contribution < 1.29 is 48.5 Å². The molecule has 0 aliphatic rings. The summed E-state index contributed by atoms with van der Waals surface area (Å²) < 4.78 is 0. The molecule has 0 unspecified atom stereocenters. The maximum atomic E-state index is 6.62. The van der Waals surface area contributed by atoms with E-state index in [1.165, 1.54) is 0 Å². The van der Waals surface area contributed by atoms with E-state index in [4.69, 9.17) is 10.5 Å². The van der Waals surface area contributed by atoms with E-state index in [2.05, 4.69) is 5.04 Å². The van der Waals surface area contributed by atoms with Gasteiger partial charge in [0.25, 0.3) is 0 Å². The molecule has 0 rings (SSSR count). The number of hydrogen-bond donors (Lipinski definition) is 2. The van der Waals surface area contributed by atoms with Crippen LogP contribution in [0.15, 0.2) is 0 Å². The standard InChI is InChI=1S/2Ni.H2O3/c;;1-3-2/h;;1-2H. The van der Waals surface area contributed by atoms with Gasteiger partial charge in [-0.05, 0) is 0 Å². The third-order valence-corrected chi connectivity index (χ3v) is 0. The van der Waals surface area contributed by atoms with Gasteiger partial charge in [-0.25, -0.2) is 10.5 Å². The van der Waals surface area contributed by atoms with Crippen LogP contribution in [0.2, 0.25) is 0 Å². The summed E-state index contributed by atoms with van der Waals surface area (Å²) >= 11 is 0. The molecule has 0 aromatic heterocycles. The van der Waals surface area contributed by atoms with Gasteiger partial charge >= 0.3 is 0 Å². The summed E-state index contributed by atoms with van der Waals surface area (Å²) in [6, 6.07) is 0. The quantitative estimate of drug-likeness (QED) is 0.302. The Kier molecular flexibility index (Phi) is 70.6. The van der Waals surface area contributed by atoms with Gasteiger partial charge in [0.2, 0.25) is 0 Å². The van der Waals surface area contributed by atoms with Crippen LogP contribution < -0.4 is 0 Å². The van der Waals surface area contributed by atoms with Crippen LogP contribution in [0.5, 0.6) is 0 Å². The fourth-order valence-electron chi connectivity index (χ4n) is 0. The first-order chi connectivity index (χ1) is 1.41. The minimum atomic E-state index is 0. The molecule has 0 saturated heterocycles. The molecule has 0 aliphatic carbocycles. The van der Waals surface area contributed by atoms with Crippen LogP contribution in [-0.2, 0) is 38.0 Å². The number of rotatable bonds is 0. The molecule has 0 radical (unpaired) electrons. The predicted molar refractivity (Wildman–Crippen MR) is 6.34 cm³/mol. The van der Waals surface area contributed by atoms with E-state index in [0.717, 1.165) is 0 Å². The summed E-state index contributed by atoms with van der Waals surface area (Å²) in [7, 11) is 0. The van der Waals surface area contributed by atoms with Crippen molar-refractivity contribution in [1.82, 2.24) is 0 Å². The molecule has 0 aromatic carbocycles. The molecule has 0 spiro atoms. The Morgan fingerprint density at radius 2 is 1.00 bits per heavy atom. The molecule has 0 bridgehead atoms. The molecule has 0 atom stereocenters. The topological polar surface area (TPSA) is 49.7 Å². The average Bonchev–Trinajstić information content (AvgIpc) is 0.918. The summed E-state index contributed by atoms with van der Waals surface area (Å²) in [4.78, 5) is 0. The van der Waals surface area contributed by atoms with Gasteiger partial charge in [-0.3, -0.25) is 0 Å². The molecule has 0 aromatic rings. The van der Waals surface area contributed by atoms with Crippen LogP contribution in [0.4, 0.5) is 0 Å². The van der Waals surface area contributed by atoms with Gasteiger partial charge in [-0.1, -0.05) is 5.04 Å². The minimum Gasteiger partial charge on any atom is -0.221 e. The van der Waals surface area contributed by atoms with Crippen molar-refractivity contribution in [2.24, 2.45) is 0 Å². The SMILES string of the molecule is OOO.[Ni].[Ni]. The van der Waals surface area contributed by atoms with Gasteiger partial charge in [-0.2, -0.15) is 0 Å². The Balaban J connectivity index is -0.0000000200. The molecule has 0 fully saturated rings. The molecular formula is H2Ni2O3. The fraction of sp³-hybridized carbons (Fsp3) is 0. The molecule has 5 heteroatoms. The summed E-state index contributed by atoms with van der Waals surface area (Å²) in [6.07, 6.45) is 0. The Morgan fingerprint density at radius 1 is 1.00 bits per heavy atom. The monoisotopic (exact) mass is 166 g/mol. The maximum Gasteiger partial charge on any atom is 0 e. The Hall–Kier alpha value is 0.867. The van der Waals surface area contributed by atoms with Crippen molar-refractivity contribution in [3.05, 3.63) is 0 Å². The van der Waals surface area contributed by atoms with E-state index >= 15 is 0 Å². The Bertz CT molecular complexity index is 4.85. The second kappa shape index (κ2) is 20.9. The Labute approximate surface area is 49.0 Å². The first-order valence-corrected chi connectivity index (χ1v) is 0.365. The van der Waals surface area contributed by atoms with Crippen molar-refractivity contribution in [3.63, 3.8) is 0 Å². The summed E-state index contributed by atoms with van der Waals surface area (Å²) in [5, 5.41) is 15.5. The zero-order chi connectivity index (χ0) is 2.71. The van der Waals surface area contributed by atoms with Crippen molar-refractivity contribution >= 4 is 0 Å². The zero-order valence-electron chi connectivity index (χ0n) is 1.94. The maximum absolute atomic E-state index is 6.62. The average molecular weight is 167 g/mol. The third-order valence-electron chi connectivity index (χ3n) is 0. The van der Waals surface area contributed by atoms with Crippen molar-refractivity contribution in [2.75, 3.05) is 0 Å². The Morgan fingerprint density at radius 3 is 1.00 bits per heavy atom. The van der Waals surface area contributed by atoms with Crippen LogP contribution in [-0.4, -0.2) is 10.5 Å². The van der Waals surface area contributed by atoms with E-state index in [1.54, 1.807) is 0 Å². The fourth-order valence-corrected chi connectivity index (χ4v) is 0. The molecule has 3 nitrogen and oxygen atoms in total. The van der Waals surface area contributed by atoms with Crippen LogP contribution >= 0.6 is 0 Å². The van der Waals surface area contributed by atoms with Crippen molar-refractivity contribution in [2.45, 2.75) is 0 Å². The van der Waals surface area contributed by atoms with Crippen LogP contribution in [0.3, 0.4) is 0 Å². The van der Waals surface area contributed by atoms with Gasteiger partial charge in [0.05, 0.1) is 0 Å². The number of hydrogen-bond acceptors (Lipinski definition) is 3. The van der Waals surface area contributed by atoms with Crippen molar-refractivity contribution in [1.29, 1.82) is 0 Å². The minimum absolute atomic E-state index is 0. The zero-order valence-corrected chi connectivity index (χ0v) is 3.91. The molecule has 0 aliphatic heterocycles. The molecule has 0 heterocycles. The smallest absolute Gasteiger partial charge is 0 e. The largest absolute Gasteiger partial charge is 0.221 e. The summed E-state index contributed by atoms with van der Waals surface area (Å²) in [5.41, 5.74) is 0. The van der Waals surface area contributed by atoms with Gasteiger partial charge in [-0.15, -0.1) is 0 Å². The molecule has 40 valence electrons. The van der Waals surface area contributed by atoms with Crippen LogP contribution in [0.1, 0.15) is 0 Å². The van der Waals surface area contributed by atoms with E-state index < -0.39 is 0 Å². The van der Waals surface area contributed by atoms with E-state index in [1.807, 2.05) is 0 Å². The van der Waals surface area contributed by atoms with Crippen LogP contribution in [0.25, 0.3) is 0 Å². The van der Waals surface area contributed by atoms with E-state index in [-0.39, 0.29) is 33.0 Å². The first-order valence-electron chi connectivity index (χ1n) is 0.365. The van der Waals surface area contributed by atoms with Crippen molar-refractivity contribution in [3.8, 4) is 0 Å². The van der Waals surface area contributed by atoms with Gasteiger partial charge in [0.1, 0.15) is 0 Å². The molecular weight excluding hydrogens is 165 g/mol. The summed E-state index contributed by atoms with van der Waals surface area (Å²) in [6.45, 7) is 0. The van der Waals surface area contributed by atoms with E-state index in [0.29, 0.717) is 0 Å². The normalized spacial score (nSPS) is 3.60. The van der Waals surface area contributed by atoms with Gasteiger partial charge in [0.15, 0.2) is 0 Å². The predicted octanol–water partition coefficient (Wildman–Crippen LogP) is -0.0560. The molecule has 0 amide bonds. The molecule has 0 saturated carbocycles. The second-order valence-electron chi connectivity index (χ2n) is 0.0816. The first kappa shape index (κ1) is 16.9. The van der Waals surface area contributed by atoms with Crippen LogP contribution in [0, 0.1) is 0 Å². The molecule has 2 N–H and O–H groups in total. The van der Waals surface area contributed by atoms with Gasteiger partial charge < -0.3 is 0 Å². The van der Waals surface area contributed by atoms with Gasteiger partial charge in [0, 0.05) is 33.0 Å².